The van der Waals surface area contributed by atoms with Crippen molar-refractivity contribution in [3.63, 3.8) is 0 Å². The molecule has 4 nitrogen and oxygen atoms in total. The molecular formula is C9H14N2O2. The molecule has 1 aromatic rings. The van der Waals surface area contributed by atoms with Gasteiger partial charge in [-0.25, -0.2) is 4.98 Å². The number of carbonyl (C=O) groups excluding carboxylic acids is 1. The van der Waals surface area contributed by atoms with Crippen molar-refractivity contribution in [1.29, 1.82) is 0 Å². The van der Waals surface area contributed by atoms with Crippen LogP contribution in [0.4, 0.5) is 0 Å². The van der Waals surface area contributed by atoms with E-state index in [0.717, 1.165) is 5.76 Å². The Morgan fingerprint density at radius 1 is 1.62 bits per heavy atom. The van der Waals surface area contributed by atoms with Crippen LogP contribution in [0.2, 0.25) is 0 Å². The van der Waals surface area contributed by atoms with Crippen molar-refractivity contribution in [3.8, 4) is 0 Å². The minimum Gasteiger partial charge on any atom is -0.445 e. The second-order valence-corrected chi connectivity index (χ2v) is 4.01. The summed E-state index contributed by atoms with van der Waals surface area (Å²) in [6.45, 7) is 6.05. The molecular weight excluding hydrogens is 168 g/mol. The molecule has 0 spiro atoms. The maximum atomic E-state index is 10.5. The van der Waals surface area contributed by atoms with E-state index in [9.17, 15) is 4.79 Å². The van der Waals surface area contributed by atoms with Crippen molar-refractivity contribution in [2.75, 3.05) is 0 Å². The SMILES string of the molecule is CC(C)(C)c1cnc(CC(N)=O)o1. The van der Waals surface area contributed by atoms with Crippen molar-refractivity contribution in [2.45, 2.75) is 32.6 Å². The zero-order chi connectivity index (χ0) is 10.1. The van der Waals surface area contributed by atoms with Crippen molar-refractivity contribution in [1.82, 2.24) is 4.98 Å². The lowest BCUT2D eigenvalue weighted by molar-refractivity contribution is -0.117. The molecule has 0 aliphatic carbocycles. The highest BCUT2D eigenvalue weighted by Gasteiger charge is 2.19. The van der Waals surface area contributed by atoms with Crippen LogP contribution in [-0.2, 0) is 16.6 Å². The van der Waals surface area contributed by atoms with E-state index in [1.807, 2.05) is 20.8 Å². The number of primary amides is 1. The summed E-state index contributed by atoms with van der Waals surface area (Å²) in [4.78, 5) is 14.5. The Kier molecular flexibility index (Phi) is 2.40. The van der Waals surface area contributed by atoms with E-state index in [1.165, 1.54) is 0 Å². The fourth-order valence-electron chi connectivity index (χ4n) is 0.888. The third-order valence-corrected chi connectivity index (χ3v) is 1.62. The maximum absolute atomic E-state index is 10.5. The van der Waals surface area contributed by atoms with E-state index in [-0.39, 0.29) is 11.8 Å². The summed E-state index contributed by atoms with van der Waals surface area (Å²) in [5, 5.41) is 0. The standard InChI is InChI=1S/C9H14N2O2/c1-9(2,3)6-5-11-8(13-6)4-7(10)12/h5H,4H2,1-3H3,(H2,10,12). The highest BCUT2D eigenvalue weighted by atomic mass is 16.4. The molecule has 0 aliphatic rings. The lowest BCUT2D eigenvalue weighted by Crippen LogP contribution is -2.14. The first kappa shape index (κ1) is 9.77. The average Bonchev–Trinajstić information content (AvgIpc) is 2.32. The molecule has 0 unspecified atom stereocenters. The Morgan fingerprint density at radius 2 is 2.23 bits per heavy atom. The predicted molar refractivity (Wildman–Crippen MR) is 48.1 cm³/mol. The van der Waals surface area contributed by atoms with Crippen LogP contribution in [0.5, 0.6) is 0 Å². The first-order valence-electron chi connectivity index (χ1n) is 4.13. The highest BCUT2D eigenvalue weighted by Crippen LogP contribution is 2.22. The third-order valence-electron chi connectivity index (χ3n) is 1.62. The van der Waals surface area contributed by atoms with Crippen molar-refractivity contribution >= 4 is 5.91 Å². The largest absolute Gasteiger partial charge is 0.445 e. The number of amides is 1. The predicted octanol–water partition coefficient (Wildman–Crippen LogP) is 1.000. The molecule has 1 heterocycles. The van der Waals surface area contributed by atoms with Gasteiger partial charge in [0, 0.05) is 5.41 Å². The van der Waals surface area contributed by atoms with Gasteiger partial charge in [0.25, 0.3) is 0 Å². The number of aromatic nitrogens is 1. The average molecular weight is 182 g/mol. The molecule has 0 atom stereocenters. The van der Waals surface area contributed by atoms with E-state index in [0.29, 0.717) is 5.89 Å². The first-order chi connectivity index (χ1) is 5.89. The van der Waals surface area contributed by atoms with Gasteiger partial charge in [0.1, 0.15) is 12.2 Å². The monoisotopic (exact) mass is 182 g/mol. The molecule has 0 aromatic carbocycles. The quantitative estimate of drug-likeness (QED) is 0.741. The molecule has 0 bridgehead atoms. The maximum Gasteiger partial charge on any atom is 0.226 e. The van der Waals surface area contributed by atoms with Crippen molar-refractivity contribution in [2.24, 2.45) is 5.73 Å². The molecule has 13 heavy (non-hydrogen) atoms. The number of hydrogen-bond acceptors (Lipinski definition) is 3. The second-order valence-electron chi connectivity index (χ2n) is 4.01. The highest BCUT2D eigenvalue weighted by molar-refractivity contribution is 5.75. The van der Waals surface area contributed by atoms with Crippen LogP contribution < -0.4 is 5.73 Å². The number of rotatable bonds is 2. The Bertz CT molecular complexity index is 310. The Labute approximate surface area is 77.1 Å². The van der Waals surface area contributed by atoms with Gasteiger partial charge >= 0.3 is 0 Å². The molecule has 1 amide bonds. The van der Waals surface area contributed by atoms with Crippen LogP contribution >= 0.6 is 0 Å². The first-order valence-corrected chi connectivity index (χ1v) is 4.13. The summed E-state index contributed by atoms with van der Waals surface area (Å²) in [5.74, 6) is 0.725. The molecule has 0 radical (unpaired) electrons. The zero-order valence-corrected chi connectivity index (χ0v) is 8.13. The summed E-state index contributed by atoms with van der Waals surface area (Å²) in [7, 11) is 0. The van der Waals surface area contributed by atoms with Crippen LogP contribution in [0.3, 0.4) is 0 Å². The van der Waals surface area contributed by atoms with Crippen LogP contribution in [0.15, 0.2) is 10.6 Å². The Hall–Kier alpha value is -1.32. The van der Waals surface area contributed by atoms with E-state index in [4.69, 9.17) is 10.2 Å². The van der Waals surface area contributed by atoms with Gasteiger partial charge < -0.3 is 10.2 Å². The number of nitrogens with zero attached hydrogens (tertiary/aromatic N) is 1. The minimum absolute atomic E-state index is 0.0656. The Balaban J connectivity index is 2.81. The van der Waals surface area contributed by atoms with E-state index in [1.54, 1.807) is 6.20 Å². The van der Waals surface area contributed by atoms with Crippen molar-refractivity contribution < 1.29 is 9.21 Å². The van der Waals surface area contributed by atoms with Gasteiger partial charge in [-0.1, -0.05) is 20.8 Å². The van der Waals surface area contributed by atoms with Gasteiger partial charge in [-0.2, -0.15) is 0 Å². The van der Waals surface area contributed by atoms with E-state index in [2.05, 4.69) is 4.98 Å². The third kappa shape index (κ3) is 2.57. The molecule has 2 N–H and O–H groups in total. The molecule has 0 fully saturated rings. The van der Waals surface area contributed by atoms with Crippen LogP contribution in [0.25, 0.3) is 0 Å². The Morgan fingerprint density at radius 3 is 2.62 bits per heavy atom. The lowest BCUT2D eigenvalue weighted by atomic mass is 9.94. The smallest absolute Gasteiger partial charge is 0.226 e. The minimum atomic E-state index is -0.428. The van der Waals surface area contributed by atoms with E-state index >= 15 is 0 Å². The van der Waals surface area contributed by atoms with Gasteiger partial charge in [0.2, 0.25) is 11.8 Å². The number of oxazole rings is 1. The molecule has 0 saturated heterocycles. The summed E-state index contributed by atoms with van der Waals surface area (Å²) in [6.07, 6.45) is 1.70. The normalized spacial score (nSPS) is 11.6. The van der Waals surface area contributed by atoms with Gasteiger partial charge in [-0.05, 0) is 0 Å². The van der Waals surface area contributed by atoms with Gasteiger partial charge in [0.05, 0.1) is 6.20 Å². The van der Waals surface area contributed by atoms with Crippen molar-refractivity contribution in [3.05, 3.63) is 17.8 Å². The van der Waals surface area contributed by atoms with Crippen LogP contribution in [0.1, 0.15) is 32.4 Å². The summed E-state index contributed by atoms with van der Waals surface area (Å²) in [5.41, 5.74) is 4.92. The van der Waals surface area contributed by atoms with E-state index < -0.39 is 5.91 Å². The fourth-order valence-corrected chi connectivity index (χ4v) is 0.888. The van der Waals surface area contributed by atoms with Crippen LogP contribution in [0, 0.1) is 0 Å². The lowest BCUT2D eigenvalue weighted by Gasteiger charge is -2.12. The zero-order valence-electron chi connectivity index (χ0n) is 8.13. The molecule has 1 aromatic heterocycles. The van der Waals surface area contributed by atoms with Gasteiger partial charge in [0.15, 0.2) is 0 Å². The number of carbonyl (C=O) groups is 1. The molecule has 0 aliphatic heterocycles. The summed E-state index contributed by atoms with van der Waals surface area (Å²) in [6, 6.07) is 0. The summed E-state index contributed by atoms with van der Waals surface area (Å²) >= 11 is 0. The molecule has 0 saturated carbocycles. The number of hydrogen-bond donors (Lipinski definition) is 1. The number of nitrogens with two attached hydrogens (primary N) is 1. The molecule has 4 heteroatoms. The topological polar surface area (TPSA) is 69.1 Å². The van der Waals surface area contributed by atoms with Crippen LogP contribution in [-0.4, -0.2) is 10.9 Å². The molecule has 72 valence electrons. The summed E-state index contributed by atoms with van der Waals surface area (Å²) < 4.78 is 5.35. The molecule has 1 rings (SSSR count). The van der Waals surface area contributed by atoms with Gasteiger partial charge in [-0.15, -0.1) is 0 Å². The second kappa shape index (κ2) is 3.20. The fraction of sp³-hybridized carbons (Fsp3) is 0.556. The van der Waals surface area contributed by atoms with Gasteiger partial charge in [-0.3, -0.25) is 4.79 Å².